The molecule has 0 aromatic heterocycles. The number of unbranched alkanes of at least 4 members (excludes halogenated alkanes) is 1. The predicted molar refractivity (Wildman–Crippen MR) is 65.7 cm³/mol. The zero-order valence-electron chi connectivity index (χ0n) is 10.4. The number of nitrogens with two attached hydrogens (primary N) is 1. The van der Waals surface area contributed by atoms with Gasteiger partial charge in [0, 0.05) is 13.0 Å². The summed E-state index contributed by atoms with van der Waals surface area (Å²) in [5.74, 6) is 0.277. The lowest BCUT2D eigenvalue weighted by Gasteiger charge is -2.25. The van der Waals surface area contributed by atoms with Gasteiger partial charge in [0.15, 0.2) is 0 Å². The number of oxime groups is 1. The number of hydrogen-bond donors (Lipinski definition) is 4. The van der Waals surface area contributed by atoms with E-state index in [0.29, 0.717) is 13.0 Å². The molecular weight excluding hydrogens is 206 g/mol. The first-order valence-electron chi connectivity index (χ1n) is 5.97. The highest BCUT2D eigenvalue weighted by atomic mass is 16.4. The number of nitrogens with zero attached hydrogens (tertiary/aromatic N) is 1. The molecule has 5 N–H and O–H groups in total. The largest absolute Gasteiger partial charge is 0.409 e. The minimum Gasteiger partial charge on any atom is -0.409 e. The number of nitrogens with one attached hydrogen (secondary N) is 1. The van der Waals surface area contributed by atoms with Gasteiger partial charge in [-0.2, -0.15) is 0 Å². The van der Waals surface area contributed by atoms with Gasteiger partial charge in [-0.1, -0.05) is 19.0 Å². The van der Waals surface area contributed by atoms with Crippen molar-refractivity contribution >= 4 is 5.84 Å². The molecular formula is C11H25N3O2. The van der Waals surface area contributed by atoms with Crippen LogP contribution in [0.1, 0.15) is 46.0 Å². The molecule has 0 aliphatic rings. The molecule has 0 aromatic carbocycles. The van der Waals surface area contributed by atoms with E-state index in [1.807, 2.05) is 13.8 Å². The van der Waals surface area contributed by atoms with Crippen LogP contribution in [0.25, 0.3) is 0 Å². The molecule has 96 valence electrons. The van der Waals surface area contributed by atoms with E-state index in [1.165, 1.54) is 0 Å². The van der Waals surface area contributed by atoms with Gasteiger partial charge in [-0.15, -0.1) is 0 Å². The zero-order chi connectivity index (χ0) is 12.4. The molecule has 0 rings (SSSR count). The van der Waals surface area contributed by atoms with Crippen molar-refractivity contribution in [1.82, 2.24) is 5.32 Å². The van der Waals surface area contributed by atoms with Gasteiger partial charge < -0.3 is 21.4 Å². The minimum atomic E-state index is -0.578. The lowest BCUT2D eigenvalue weighted by molar-refractivity contribution is 0.0327. The second-order valence-corrected chi connectivity index (χ2v) is 4.16. The number of rotatable bonds is 9. The van der Waals surface area contributed by atoms with Crippen molar-refractivity contribution in [2.45, 2.75) is 51.6 Å². The summed E-state index contributed by atoms with van der Waals surface area (Å²) < 4.78 is 0. The molecule has 0 saturated carbocycles. The molecule has 5 nitrogen and oxygen atoms in total. The molecule has 0 fully saturated rings. The molecule has 0 amide bonds. The molecule has 0 spiro atoms. The number of amidine groups is 1. The molecule has 0 aromatic rings. The topological polar surface area (TPSA) is 90.9 Å². The first-order chi connectivity index (χ1) is 7.58. The monoisotopic (exact) mass is 231 g/mol. The molecule has 0 radical (unpaired) electrons. The molecule has 16 heavy (non-hydrogen) atoms. The lowest BCUT2D eigenvalue weighted by Crippen LogP contribution is -2.39. The maximum absolute atomic E-state index is 9.98. The molecule has 0 saturated heterocycles. The minimum absolute atomic E-state index is 0.277. The molecule has 0 atom stereocenters. The Bertz CT molecular complexity index is 203. The Balaban J connectivity index is 3.46. The fraction of sp³-hybridized carbons (Fsp3) is 0.909. The maximum Gasteiger partial charge on any atom is 0.139 e. The van der Waals surface area contributed by atoms with E-state index in [0.717, 1.165) is 32.2 Å². The summed E-state index contributed by atoms with van der Waals surface area (Å²) in [5, 5.41) is 24.4. The van der Waals surface area contributed by atoms with Crippen molar-refractivity contribution in [2.24, 2.45) is 10.9 Å². The Kier molecular flexibility index (Phi) is 7.93. The van der Waals surface area contributed by atoms with Gasteiger partial charge >= 0.3 is 0 Å². The summed E-state index contributed by atoms with van der Waals surface area (Å²) >= 11 is 0. The Morgan fingerprint density at radius 1 is 1.31 bits per heavy atom. The summed E-state index contributed by atoms with van der Waals surface area (Å²) in [6, 6.07) is 0. The number of aliphatic hydroxyl groups is 1. The van der Waals surface area contributed by atoms with E-state index in [-0.39, 0.29) is 5.84 Å². The molecule has 0 aliphatic carbocycles. The van der Waals surface area contributed by atoms with Gasteiger partial charge in [0.25, 0.3) is 0 Å². The van der Waals surface area contributed by atoms with Crippen LogP contribution in [-0.2, 0) is 0 Å². The van der Waals surface area contributed by atoms with Crippen molar-refractivity contribution in [1.29, 1.82) is 0 Å². The zero-order valence-corrected chi connectivity index (χ0v) is 10.4. The van der Waals surface area contributed by atoms with Crippen molar-refractivity contribution < 1.29 is 10.3 Å². The fourth-order valence-corrected chi connectivity index (χ4v) is 1.43. The Labute approximate surface area is 97.7 Å². The first kappa shape index (κ1) is 15.2. The first-order valence-corrected chi connectivity index (χ1v) is 5.97. The van der Waals surface area contributed by atoms with Crippen LogP contribution in [0.4, 0.5) is 0 Å². The summed E-state index contributed by atoms with van der Waals surface area (Å²) in [6.45, 7) is 5.46. The average Bonchev–Trinajstić information content (AvgIpc) is 2.32. The van der Waals surface area contributed by atoms with Crippen LogP contribution in [-0.4, -0.2) is 34.8 Å². The highest BCUT2D eigenvalue weighted by molar-refractivity contribution is 5.79. The SMILES string of the molecule is CCC(O)(CC)CNCCCCC(N)=NO. The lowest BCUT2D eigenvalue weighted by atomic mass is 9.97. The third-order valence-corrected chi connectivity index (χ3v) is 2.94. The van der Waals surface area contributed by atoms with E-state index < -0.39 is 5.60 Å². The highest BCUT2D eigenvalue weighted by Crippen LogP contribution is 2.12. The van der Waals surface area contributed by atoms with E-state index in [4.69, 9.17) is 10.9 Å². The van der Waals surface area contributed by atoms with Gasteiger partial charge in [0.05, 0.1) is 5.60 Å². The van der Waals surface area contributed by atoms with Crippen LogP contribution >= 0.6 is 0 Å². The van der Waals surface area contributed by atoms with Gasteiger partial charge in [-0.3, -0.25) is 0 Å². The quantitative estimate of drug-likeness (QED) is 0.157. The van der Waals surface area contributed by atoms with Gasteiger partial charge in [0.1, 0.15) is 5.84 Å². The highest BCUT2D eigenvalue weighted by Gasteiger charge is 2.20. The number of hydrogen-bond acceptors (Lipinski definition) is 4. The van der Waals surface area contributed by atoms with Crippen LogP contribution in [0.15, 0.2) is 5.16 Å². The normalized spacial score (nSPS) is 13.1. The third-order valence-electron chi connectivity index (χ3n) is 2.94. The summed E-state index contributed by atoms with van der Waals surface area (Å²) in [4.78, 5) is 0. The molecule has 0 aliphatic heterocycles. The summed E-state index contributed by atoms with van der Waals surface area (Å²) in [7, 11) is 0. The third kappa shape index (κ3) is 6.63. The van der Waals surface area contributed by atoms with Crippen LogP contribution < -0.4 is 11.1 Å². The maximum atomic E-state index is 9.98. The smallest absolute Gasteiger partial charge is 0.139 e. The van der Waals surface area contributed by atoms with Crippen LogP contribution in [0.5, 0.6) is 0 Å². The molecule has 5 heteroatoms. The average molecular weight is 231 g/mol. The van der Waals surface area contributed by atoms with E-state index >= 15 is 0 Å². The van der Waals surface area contributed by atoms with Crippen molar-refractivity contribution in [2.75, 3.05) is 13.1 Å². The van der Waals surface area contributed by atoms with Crippen LogP contribution in [0.3, 0.4) is 0 Å². The van der Waals surface area contributed by atoms with Gasteiger partial charge in [0.2, 0.25) is 0 Å². The van der Waals surface area contributed by atoms with Crippen LogP contribution in [0.2, 0.25) is 0 Å². The Morgan fingerprint density at radius 3 is 2.44 bits per heavy atom. The second-order valence-electron chi connectivity index (χ2n) is 4.16. The summed E-state index contributed by atoms with van der Waals surface area (Å²) in [6.07, 6.45) is 3.99. The second kappa shape index (κ2) is 8.35. The standard InChI is InChI=1S/C11H25N3O2/c1-3-11(15,4-2)9-13-8-6-5-7-10(12)14-16/h13,15-16H,3-9H2,1-2H3,(H2,12,14). The van der Waals surface area contributed by atoms with Crippen molar-refractivity contribution in [3.63, 3.8) is 0 Å². The predicted octanol–water partition coefficient (Wildman–Crippen LogP) is 1.04. The Morgan fingerprint density at radius 2 is 1.94 bits per heavy atom. The Hall–Kier alpha value is -0.810. The van der Waals surface area contributed by atoms with Crippen molar-refractivity contribution in [3.8, 4) is 0 Å². The van der Waals surface area contributed by atoms with E-state index in [2.05, 4.69) is 10.5 Å². The van der Waals surface area contributed by atoms with E-state index in [1.54, 1.807) is 0 Å². The van der Waals surface area contributed by atoms with Crippen LogP contribution in [0, 0.1) is 0 Å². The van der Waals surface area contributed by atoms with Gasteiger partial charge in [-0.25, -0.2) is 0 Å². The molecule has 0 heterocycles. The summed E-state index contributed by atoms with van der Waals surface area (Å²) in [5.41, 5.74) is 4.76. The molecule has 0 unspecified atom stereocenters. The van der Waals surface area contributed by atoms with Crippen molar-refractivity contribution in [3.05, 3.63) is 0 Å². The van der Waals surface area contributed by atoms with E-state index in [9.17, 15) is 5.11 Å². The molecule has 0 bridgehead atoms. The fourth-order valence-electron chi connectivity index (χ4n) is 1.43. The van der Waals surface area contributed by atoms with Gasteiger partial charge in [-0.05, 0) is 32.2 Å².